The van der Waals surface area contributed by atoms with Crippen LogP contribution in [0.2, 0.25) is 0 Å². The van der Waals surface area contributed by atoms with Gasteiger partial charge < -0.3 is 5.32 Å². The number of rotatable bonds is 4. The van der Waals surface area contributed by atoms with E-state index in [-0.39, 0.29) is 12.1 Å². The van der Waals surface area contributed by atoms with Crippen LogP contribution in [0.15, 0.2) is 60.9 Å². The third kappa shape index (κ3) is 2.90. The fourth-order valence-electron chi connectivity index (χ4n) is 2.89. The number of nitrogens with one attached hydrogen (secondary N) is 2. The first-order chi connectivity index (χ1) is 11.3. The second kappa shape index (κ2) is 5.76. The predicted octanol–water partition coefficient (Wildman–Crippen LogP) is 3.44. The molecule has 23 heavy (non-hydrogen) atoms. The number of fused-ring (bicyclic) bond motifs is 1. The average molecular weight is 306 g/mol. The first-order valence-electron chi connectivity index (χ1n) is 7.86. The summed E-state index contributed by atoms with van der Waals surface area (Å²) in [5.74, 6) is 0.530. The molecule has 1 atom stereocenters. The third-order valence-electron chi connectivity index (χ3n) is 4.21. The maximum Gasteiger partial charge on any atom is 0.334 e. The molecule has 1 unspecified atom stereocenters. The predicted molar refractivity (Wildman–Crippen MR) is 89.5 cm³/mol. The van der Waals surface area contributed by atoms with Crippen molar-refractivity contribution >= 4 is 17.1 Å². The Labute approximate surface area is 134 Å². The van der Waals surface area contributed by atoms with E-state index in [1.54, 1.807) is 11.0 Å². The highest BCUT2D eigenvalue weighted by Crippen LogP contribution is 2.40. The van der Waals surface area contributed by atoms with Gasteiger partial charge in [-0.05, 0) is 36.5 Å². The van der Waals surface area contributed by atoms with Crippen LogP contribution < -0.4 is 10.7 Å². The highest BCUT2D eigenvalue weighted by atomic mass is 16.2. The number of aromatic nitrogens is 2. The summed E-state index contributed by atoms with van der Waals surface area (Å²) in [6, 6.07) is 17.7. The number of nitrogens with zero attached hydrogens (tertiary/aromatic N) is 2. The highest BCUT2D eigenvalue weighted by molar-refractivity contribution is 5.85. The van der Waals surface area contributed by atoms with Gasteiger partial charge in [-0.25, -0.2) is 19.9 Å². The number of amides is 2. The number of hydrogen-bond acceptors (Lipinski definition) is 2. The summed E-state index contributed by atoms with van der Waals surface area (Å²) in [7, 11) is 0. The number of hydrogen-bond donors (Lipinski definition) is 2. The Balaban J connectivity index is 1.50. The molecule has 3 aromatic rings. The van der Waals surface area contributed by atoms with Crippen LogP contribution in [0, 0.1) is 5.92 Å². The zero-order chi connectivity index (χ0) is 15.6. The van der Waals surface area contributed by atoms with Crippen LogP contribution in [0.3, 0.4) is 0 Å². The minimum Gasteiger partial charge on any atom is -0.330 e. The molecule has 0 aliphatic heterocycles. The Kier molecular flexibility index (Phi) is 3.46. The van der Waals surface area contributed by atoms with Crippen LogP contribution in [0.1, 0.15) is 24.4 Å². The summed E-state index contributed by atoms with van der Waals surface area (Å²) in [4.78, 5) is 16.7. The van der Waals surface area contributed by atoms with Gasteiger partial charge in [-0.3, -0.25) is 0 Å². The van der Waals surface area contributed by atoms with Crippen molar-refractivity contribution in [3.8, 4) is 0 Å². The first-order valence-corrected chi connectivity index (χ1v) is 7.86. The number of urea groups is 1. The van der Waals surface area contributed by atoms with E-state index in [0.717, 1.165) is 29.4 Å². The lowest BCUT2D eigenvalue weighted by atomic mass is 10.0. The molecule has 1 aliphatic carbocycles. The van der Waals surface area contributed by atoms with Crippen molar-refractivity contribution in [2.75, 3.05) is 5.43 Å². The monoisotopic (exact) mass is 306 g/mol. The van der Waals surface area contributed by atoms with Gasteiger partial charge in [-0.1, -0.05) is 42.5 Å². The van der Waals surface area contributed by atoms with Gasteiger partial charge in [0.05, 0.1) is 17.1 Å². The molecule has 1 aromatic heterocycles. The second-order valence-corrected chi connectivity index (χ2v) is 5.91. The van der Waals surface area contributed by atoms with E-state index in [2.05, 4.69) is 27.9 Å². The lowest BCUT2D eigenvalue weighted by molar-refractivity contribution is 0.244. The molecular formula is C18H18N4O. The van der Waals surface area contributed by atoms with E-state index in [1.165, 1.54) is 0 Å². The van der Waals surface area contributed by atoms with Gasteiger partial charge in [0.25, 0.3) is 0 Å². The van der Waals surface area contributed by atoms with Gasteiger partial charge in [-0.15, -0.1) is 0 Å². The zero-order valence-electron chi connectivity index (χ0n) is 12.6. The number of benzene rings is 2. The van der Waals surface area contributed by atoms with E-state index in [1.807, 2.05) is 42.5 Å². The largest absolute Gasteiger partial charge is 0.334 e. The van der Waals surface area contributed by atoms with Crippen molar-refractivity contribution in [3.63, 3.8) is 0 Å². The summed E-state index contributed by atoms with van der Waals surface area (Å²) in [6.45, 7) is 0. The van der Waals surface area contributed by atoms with Crippen LogP contribution >= 0.6 is 0 Å². The lowest BCUT2D eigenvalue weighted by Gasteiger charge is -2.19. The minimum absolute atomic E-state index is 0.0611. The van der Waals surface area contributed by atoms with Crippen molar-refractivity contribution in [2.24, 2.45) is 5.92 Å². The smallest absolute Gasteiger partial charge is 0.330 e. The summed E-state index contributed by atoms with van der Waals surface area (Å²) in [6.07, 6.45) is 3.95. The quantitative estimate of drug-likeness (QED) is 0.775. The number of carbonyl (C=O) groups excluding carboxylic acids is 1. The molecule has 0 bridgehead atoms. The van der Waals surface area contributed by atoms with Crippen molar-refractivity contribution < 1.29 is 4.79 Å². The zero-order valence-corrected chi connectivity index (χ0v) is 12.6. The molecule has 2 N–H and O–H groups in total. The lowest BCUT2D eigenvalue weighted by Crippen LogP contribution is -2.37. The minimum atomic E-state index is -0.214. The van der Waals surface area contributed by atoms with Crippen LogP contribution in [-0.4, -0.2) is 15.7 Å². The molecule has 1 aliphatic rings. The van der Waals surface area contributed by atoms with Gasteiger partial charge in [0.15, 0.2) is 0 Å². The highest BCUT2D eigenvalue weighted by Gasteiger charge is 2.33. The average Bonchev–Trinajstić information content (AvgIpc) is 3.36. The van der Waals surface area contributed by atoms with Crippen molar-refractivity contribution in [2.45, 2.75) is 18.9 Å². The standard InChI is InChI=1S/C18H18N4O/c23-18(21-22-12-19-15-8-4-5-9-16(15)22)20-17(14-10-11-14)13-6-2-1-3-7-13/h1-9,12,14,17H,10-11H2,(H2,20,21,23). The molecule has 116 valence electrons. The van der Waals surface area contributed by atoms with Gasteiger partial charge in [0, 0.05) is 0 Å². The van der Waals surface area contributed by atoms with E-state index >= 15 is 0 Å². The van der Waals surface area contributed by atoms with Crippen LogP contribution in [0.5, 0.6) is 0 Å². The third-order valence-corrected chi connectivity index (χ3v) is 4.21. The molecule has 4 rings (SSSR count). The second-order valence-electron chi connectivity index (χ2n) is 5.91. The van der Waals surface area contributed by atoms with Crippen molar-refractivity contribution in [3.05, 3.63) is 66.5 Å². The maximum absolute atomic E-state index is 12.4. The number of imidazole rings is 1. The molecule has 0 saturated heterocycles. The summed E-state index contributed by atoms with van der Waals surface area (Å²) in [5.41, 5.74) is 5.74. The normalized spacial score (nSPS) is 15.3. The molecule has 0 radical (unpaired) electrons. The van der Waals surface area contributed by atoms with Crippen LogP contribution in [-0.2, 0) is 0 Å². The molecule has 5 nitrogen and oxygen atoms in total. The fourth-order valence-corrected chi connectivity index (χ4v) is 2.89. The molecule has 2 aromatic carbocycles. The Hall–Kier alpha value is -2.82. The molecule has 1 heterocycles. The molecule has 1 fully saturated rings. The van der Waals surface area contributed by atoms with E-state index in [9.17, 15) is 4.79 Å². The Morgan fingerprint density at radius 3 is 2.61 bits per heavy atom. The molecular weight excluding hydrogens is 288 g/mol. The Morgan fingerprint density at radius 1 is 1.09 bits per heavy atom. The van der Waals surface area contributed by atoms with Crippen LogP contribution in [0.25, 0.3) is 11.0 Å². The SMILES string of the molecule is O=C(NC(c1ccccc1)C1CC1)Nn1cnc2ccccc21. The molecule has 1 saturated carbocycles. The summed E-state index contributed by atoms with van der Waals surface area (Å²) < 4.78 is 1.65. The maximum atomic E-state index is 12.4. The topological polar surface area (TPSA) is 59.0 Å². The van der Waals surface area contributed by atoms with Gasteiger partial charge in [-0.2, -0.15) is 0 Å². The molecule has 2 amide bonds. The molecule has 5 heteroatoms. The summed E-state index contributed by atoms with van der Waals surface area (Å²) >= 11 is 0. The summed E-state index contributed by atoms with van der Waals surface area (Å²) in [5, 5.41) is 3.10. The number of para-hydroxylation sites is 2. The van der Waals surface area contributed by atoms with E-state index < -0.39 is 0 Å². The molecule has 0 spiro atoms. The first kappa shape index (κ1) is 13.8. The Bertz CT molecular complexity index is 823. The fraction of sp³-hybridized carbons (Fsp3) is 0.222. The van der Waals surface area contributed by atoms with E-state index in [4.69, 9.17) is 0 Å². The van der Waals surface area contributed by atoms with Crippen molar-refractivity contribution in [1.29, 1.82) is 0 Å². The van der Waals surface area contributed by atoms with E-state index in [0.29, 0.717) is 5.92 Å². The van der Waals surface area contributed by atoms with Gasteiger partial charge >= 0.3 is 6.03 Å². The van der Waals surface area contributed by atoms with Gasteiger partial charge in [0.1, 0.15) is 6.33 Å². The van der Waals surface area contributed by atoms with Gasteiger partial charge in [0.2, 0.25) is 0 Å². The van der Waals surface area contributed by atoms with Crippen LogP contribution in [0.4, 0.5) is 4.79 Å². The Morgan fingerprint density at radius 2 is 1.83 bits per heavy atom. The van der Waals surface area contributed by atoms with Crippen molar-refractivity contribution in [1.82, 2.24) is 15.0 Å². The number of carbonyl (C=O) groups is 1.